The van der Waals surface area contributed by atoms with E-state index in [-0.39, 0.29) is 18.9 Å². The summed E-state index contributed by atoms with van der Waals surface area (Å²) < 4.78 is 49.2. The smallest absolute Gasteiger partial charge is 0.416 e. The van der Waals surface area contributed by atoms with E-state index >= 15 is 0 Å². The van der Waals surface area contributed by atoms with Crippen LogP contribution in [0, 0.1) is 0 Å². The third-order valence-electron chi connectivity index (χ3n) is 6.75. The second-order valence-electron chi connectivity index (χ2n) is 9.23. The fourth-order valence-electron chi connectivity index (χ4n) is 5.03. The van der Waals surface area contributed by atoms with Gasteiger partial charge in [0.25, 0.3) is 0 Å². The van der Waals surface area contributed by atoms with Gasteiger partial charge < -0.3 is 14.4 Å². The predicted octanol–water partition coefficient (Wildman–Crippen LogP) is 7.23. The summed E-state index contributed by atoms with van der Waals surface area (Å²) in [4.78, 5) is 10.7. The zero-order valence-electron chi connectivity index (χ0n) is 19.3. The van der Waals surface area contributed by atoms with E-state index in [1.54, 1.807) is 12.1 Å². The fourth-order valence-corrected chi connectivity index (χ4v) is 5.03. The number of halogens is 3. The quantitative estimate of drug-likeness (QED) is 0.334. The number of unbranched alkanes of at least 4 members (excludes halogenated alkanes) is 1. The van der Waals surface area contributed by atoms with Gasteiger partial charge in [-0.05, 0) is 79.0 Å². The first-order chi connectivity index (χ1) is 16.2. The Morgan fingerprint density at radius 3 is 2.59 bits per heavy atom. The predicted molar refractivity (Wildman–Crippen MR) is 125 cm³/mol. The van der Waals surface area contributed by atoms with Crippen LogP contribution in [0.4, 0.5) is 13.2 Å². The number of nitrogens with zero attached hydrogens (tertiary/aromatic N) is 1. The zero-order chi connectivity index (χ0) is 24.3. The Balaban J connectivity index is 1.49. The van der Waals surface area contributed by atoms with Crippen molar-refractivity contribution >= 4 is 16.9 Å². The molecule has 7 heteroatoms. The van der Waals surface area contributed by atoms with E-state index in [0.717, 1.165) is 55.0 Å². The van der Waals surface area contributed by atoms with Crippen LogP contribution < -0.4 is 4.74 Å². The highest BCUT2D eigenvalue weighted by atomic mass is 19.4. The van der Waals surface area contributed by atoms with Gasteiger partial charge in [0.05, 0.1) is 5.56 Å². The number of aryl methyl sites for hydroxylation is 2. The molecule has 0 spiro atoms. The maximum absolute atomic E-state index is 13.8. The summed E-state index contributed by atoms with van der Waals surface area (Å²) in [6.07, 6.45) is 3.53. The van der Waals surface area contributed by atoms with Crippen molar-refractivity contribution in [1.82, 2.24) is 4.57 Å². The minimum atomic E-state index is -4.38. The number of aromatic nitrogens is 1. The number of hydrogen-bond acceptors (Lipinski definition) is 2. The van der Waals surface area contributed by atoms with E-state index in [1.807, 2.05) is 36.0 Å². The molecule has 1 aliphatic carbocycles. The summed E-state index contributed by atoms with van der Waals surface area (Å²) in [7, 11) is 1.95. The largest absolute Gasteiger partial charge is 0.489 e. The minimum absolute atomic E-state index is 0.0130. The molecule has 1 saturated carbocycles. The number of carbonyl (C=O) groups is 1. The number of carboxylic acids is 1. The maximum Gasteiger partial charge on any atom is 0.416 e. The first-order valence-electron chi connectivity index (χ1n) is 11.8. The van der Waals surface area contributed by atoms with E-state index in [9.17, 15) is 18.0 Å². The number of fused-ring (bicyclic) bond motifs is 1. The molecule has 1 N–H and O–H groups in total. The molecule has 1 aromatic heterocycles. The SMILES string of the molecule is Cn1cc(CCCCC(=O)O)c2cc(OCc3ccc(C4CCCC4)c(C(F)(F)F)c3)ccc21. The van der Waals surface area contributed by atoms with Crippen LogP contribution in [0.25, 0.3) is 10.9 Å². The lowest BCUT2D eigenvalue weighted by Gasteiger charge is -2.19. The number of ether oxygens (including phenoxy) is 1. The van der Waals surface area contributed by atoms with Gasteiger partial charge in [0.15, 0.2) is 0 Å². The van der Waals surface area contributed by atoms with Gasteiger partial charge in [-0.25, -0.2) is 0 Å². The molecule has 2 aromatic carbocycles. The van der Waals surface area contributed by atoms with Crippen molar-refractivity contribution in [3.05, 3.63) is 64.8 Å². The van der Waals surface area contributed by atoms with Crippen LogP contribution in [-0.2, 0) is 31.0 Å². The van der Waals surface area contributed by atoms with Crippen molar-refractivity contribution in [3.63, 3.8) is 0 Å². The maximum atomic E-state index is 13.8. The molecule has 0 atom stereocenters. The second-order valence-corrected chi connectivity index (χ2v) is 9.23. The summed E-state index contributed by atoms with van der Waals surface area (Å²) in [5.41, 5.74) is 2.50. The molecule has 182 valence electrons. The normalized spacial score (nSPS) is 14.7. The lowest BCUT2D eigenvalue weighted by atomic mass is 9.91. The Hall–Kier alpha value is -2.96. The van der Waals surface area contributed by atoms with Crippen LogP contribution in [0.3, 0.4) is 0 Å². The average Bonchev–Trinajstić information content (AvgIpc) is 3.43. The van der Waals surface area contributed by atoms with Crippen LogP contribution in [0.15, 0.2) is 42.6 Å². The van der Waals surface area contributed by atoms with E-state index in [2.05, 4.69) is 0 Å². The number of carboxylic acid groups (broad SMARTS) is 1. The molecule has 0 radical (unpaired) electrons. The summed E-state index contributed by atoms with van der Waals surface area (Å²) in [6, 6.07) is 10.3. The number of benzene rings is 2. The molecule has 1 aliphatic rings. The third-order valence-corrected chi connectivity index (χ3v) is 6.75. The Morgan fingerprint density at radius 2 is 1.88 bits per heavy atom. The molecule has 0 amide bonds. The number of rotatable bonds is 9. The Morgan fingerprint density at radius 1 is 1.12 bits per heavy atom. The standard InChI is InChI=1S/C27H30F3NO3/c1-31-16-20(8-4-5-9-26(32)33)23-15-21(11-13-25(23)31)34-17-18-10-12-22(19-6-2-3-7-19)24(14-18)27(28,29)30/h10-16,19H,2-9,17H2,1H3,(H,32,33). The molecule has 0 unspecified atom stereocenters. The second kappa shape index (κ2) is 10.1. The summed E-state index contributed by atoms with van der Waals surface area (Å²) in [5, 5.41) is 9.84. The molecule has 0 saturated heterocycles. The van der Waals surface area contributed by atoms with Gasteiger partial charge in [-0.15, -0.1) is 0 Å². The number of alkyl halides is 3. The number of hydrogen-bond donors (Lipinski definition) is 1. The summed E-state index contributed by atoms with van der Waals surface area (Å²) >= 11 is 0. The van der Waals surface area contributed by atoms with Gasteiger partial charge >= 0.3 is 12.1 Å². The van der Waals surface area contributed by atoms with Crippen molar-refractivity contribution in [3.8, 4) is 5.75 Å². The number of aliphatic carboxylic acids is 1. The fraction of sp³-hybridized carbons (Fsp3) is 0.444. The highest BCUT2D eigenvalue weighted by Gasteiger charge is 2.36. The zero-order valence-corrected chi connectivity index (χ0v) is 19.3. The van der Waals surface area contributed by atoms with Crippen LogP contribution in [-0.4, -0.2) is 15.6 Å². The van der Waals surface area contributed by atoms with Crippen molar-refractivity contribution in [2.24, 2.45) is 7.05 Å². The van der Waals surface area contributed by atoms with E-state index in [4.69, 9.17) is 9.84 Å². The molecule has 0 bridgehead atoms. The van der Waals surface area contributed by atoms with Gasteiger partial charge in [0, 0.05) is 30.6 Å². The van der Waals surface area contributed by atoms with Crippen LogP contribution in [0.5, 0.6) is 5.75 Å². The highest BCUT2D eigenvalue weighted by Crippen LogP contribution is 2.42. The Labute approximate surface area is 197 Å². The van der Waals surface area contributed by atoms with E-state index < -0.39 is 17.7 Å². The summed E-state index contributed by atoms with van der Waals surface area (Å²) in [5.74, 6) is -0.210. The monoisotopic (exact) mass is 473 g/mol. The van der Waals surface area contributed by atoms with Crippen molar-refractivity contribution < 1.29 is 27.8 Å². The van der Waals surface area contributed by atoms with Gasteiger partial charge in [0.2, 0.25) is 0 Å². The molecular formula is C27H30F3NO3. The van der Waals surface area contributed by atoms with Crippen LogP contribution >= 0.6 is 0 Å². The van der Waals surface area contributed by atoms with Gasteiger partial charge in [-0.2, -0.15) is 13.2 Å². The van der Waals surface area contributed by atoms with Crippen LogP contribution in [0.1, 0.15) is 73.1 Å². The lowest BCUT2D eigenvalue weighted by Crippen LogP contribution is -2.12. The van der Waals surface area contributed by atoms with E-state index in [1.165, 1.54) is 6.07 Å². The molecular weight excluding hydrogens is 443 g/mol. The molecule has 4 nitrogen and oxygen atoms in total. The summed E-state index contributed by atoms with van der Waals surface area (Å²) in [6.45, 7) is 0.0559. The van der Waals surface area contributed by atoms with Crippen molar-refractivity contribution in [1.29, 1.82) is 0 Å². The third kappa shape index (κ3) is 5.57. The highest BCUT2D eigenvalue weighted by molar-refractivity contribution is 5.85. The van der Waals surface area contributed by atoms with Crippen molar-refractivity contribution in [2.45, 2.75) is 70.1 Å². The first kappa shape index (κ1) is 24.2. The molecule has 34 heavy (non-hydrogen) atoms. The van der Waals surface area contributed by atoms with Gasteiger partial charge in [0.1, 0.15) is 12.4 Å². The van der Waals surface area contributed by atoms with Crippen LogP contribution in [0.2, 0.25) is 0 Å². The van der Waals surface area contributed by atoms with Gasteiger partial charge in [-0.3, -0.25) is 4.79 Å². The molecule has 1 fully saturated rings. The Bertz CT molecular complexity index is 1160. The van der Waals surface area contributed by atoms with Crippen molar-refractivity contribution in [2.75, 3.05) is 0 Å². The Kier molecular flexibility index (Phi) is 7.19. The average molecular weight is 474 g/mol. The molecule has 0 aliphatic heterocycles. The molecule has 4 rings (SSSR count). The topological polar surface area (TPSA) is 51.5 Å². The molecule has 1 heterocycles. The molecule has 3 aromatic rings. The lowest BCUT2D eigenvalue weighted by molar-refractivity contribution is -0.138. The van der Waals surface area contributed by atoms with E-state index in [0.29, 0.717) is 23.3 Å². The van der Waals surface area contributed by atoms with Gasteiger partial charge in [-0.1, -0.05) is 25.0 Å². The first-order valence-corrected chi connectivity index (χ1v) is 11.8. The minimum Gasteiger partial charge on any atom is -0.489 e.